The van der Waals surface area contributed by atoms with Gasteiger partial charge in [-0.3, -0.25) is 0 Å². The van der Waals surface area contributed by atoms with Crippen LogP contribution < -0.4 is 0 Å². The molecule has 0 heterocycles. The Balaban J connectivity index is 0.000000889. The van der Waals surface area contributed by atoms with Crippen molar-refractivity contribution in [3.05, 3.63) is 24.3 Å². The van der Waals surface area contributed by atoms with Crippen molar-refractivity contribution in [1.82, 2.24) is 0 Å². The number of hydrogen-bond donors (Lipinski definition) is 0. The first kappa shape index (κ1) is 24.5. The summed E-state index contributed by atoms with van der Waals surface area (Å²) in [5, 5.41) is 0. The topological polar surface area (TPSA) is 0 Å². The molecule has 0 saturated heterocycles. The second-order valence-electron chi connectivity index (χ2n) is 7.40. The predicted octanol–water partition coefficient (Wildman–Crippen LogP) is 8.34. The van der Waals surface area contributed by atoms with E-state index >= 15 is 0 Å². The number of hydrogen-bond acceptors (Lipinski definition) is 0. The van der Waals surface area contributed by atoms with Gasteiger partial charge >= 0.3 is 102 Å². The molecule has 1 rings (SSSR count). The molecule has 0 saturated carbocycles. The summed E-state index contributed by atoms with van der Waals surface area (Å²) in [5.41, 5.74) is 0. The monoisotopic (exact) mass is 342 g/mol. The van der Waals surface area contributed by atoms with Crippen LogP contribution in [0.3, 0.4) is 0 Å². The van der Waals surface area contributed by atoms with Crippen molar-refractivity contribution >= 4 is 27.9 Å². The zero-order valence-electron chi connectivity index (χ0n) is 17.0. The van der Waals surface area contributed by atoms with Gasteiger partial charge in [-0.1, -0.05) is 63.3 Å². The van der Waals surface area contributed by atoms with Gasteiger partial charge in [0.25, 0.3) is 0 Å². The summed E-state index contributed by atoms with van der Waals surface area (Å²) in [6.07, 6.45) is 33.2. The Hall–Kier alpha value is 0.480. The molecule has 0 bridgehead atoms. The average molecular weight is 343 g/mol. The van der Waals surface area contributed by atoms with Crippen LogP contribution in [0, 0.1) is 0 Å². The van der Waals surface area contributed by atoms with Gasteiger partial charge in [0.2, 0.25) is 0 Å². The van der Waals surface area contributed by atoms with E-state index in [0.717, 1.165) is 6.42 Å². The van der Waals surface area contributed by atoms with Gasteiger partial charge < -0.3 is 0 Å². The van der Waals surface area contributed by atoms with E-state index in [4.69, 9.17) is 0 Å². The minimum atomic E-state index is 1.14. The van der Waals surface area contributed by atoms with Crippen molar-refractivity contribution in [3.63, 3.8) is 0 Å². The molecule has 0 aromatic carbocycles. The zero-order chi connectivity index (χ0) is 17.6. The molecule has 0 N–H and O–H groups in total. The van der Waals surface area contributed by atoms with E-state index in [-0.39, 0.29) is 0 Å². The molecule has 0 atom stereocenters. The summed E-state index contributed by atoms with van der Waals surface area (Å²) in [5.74, 6) is 0. The third-order valence-corrected chi connectivity index (χ3v) is 5.57. The van der Waals surface area contributed by atoms with Crippen molar-refractivity contribution in [2.75, 3.05) is 0 Å². The molecule has 0 unspecified atom stereocenters. The maximum atomic E-state index is 2.30. The van der Waals surface area contributed by atoms with Crippen molar-refractivity contribution in [1.29, 1.82) is 0 Å². The molecule has 0 aliphatic heterocycles. The fraction of sp³-hybridized carbons (Fsp3) is 0.826. The normalized spacial score (nSPS) is 12.5. The second-order valence-corrected chi connectivity index (χ2v) is 8.40. The zero-order valence-corrected chi connectivity index (χ0v) is 19.0. The van der Waals surface area contributed by atoms with E-state index in [9.17, 15) is 0 Å². The van der Waals surface area contributed by atoms with Gasteiger partial charge in [-0.15, -0.1) is 0 Å². The molecule has 0 fully saturated rings. The maximum absolute atomic E-state index is 2.30. The molecule has 24 heavy (non-hydrogen) atoms. The van der Waals surface area contributed by atoms with E-state index in [1.54, 1.807) is 0 Å². The van der Waals surface area contributed by atoms with Gasteiger partial charge in [0.1, 0.15) is 0 Å². The van der Waals surface area contributed by atoms with Crippen LogP contribution in [-0.4, -0.2) is 27.9 Å². The molecule has 0 aromatic rings. The van der Waals surface area contributed by atoms with Gasteiger partial charge in [0.15, 0.2) is 0 Å². The van der Waals surface area contributed by atoms with Crippen LogP contribution in [0.4, 0.5) is 0 Å². The fourth-order valence-electron chi connectivity index (χ4n) is 3.19. The van der Waals surface area contributed by atoms with Crippen LogP contribution in [-0.2, 0) is 0 Å². The number of allylic oxidation sites excluding steroid dienone is 4. The minimum absolute atomic E-state index is 1.14. The van der Waals surface area contributed by atoms with Crippen LogP contribution in [0.1, 0.15) is 116 Å². The first-order chi connectivity index (χ1) is 11.9. The van der Waals surface area contributed by atoms with Gasteiger partial charge in [-0.05, 0) is 6.42 Å². The van der Waals surface area contributed by atoms with E-state index in [0.29, 0.717) is 0 Å². The average Bonchev–Trinajstić information content (AvgIpc) is 3.18. The van der Waals surface area contributed by atoms with Crippen molar-refractivity contribution in [3.8, 4) is 0 Å². The molecule has 0 spiro atoms. The third-order valence-electron chi connectivity index (χ3n) is 4.86. The standard InChI is InChI=1S/C18H37.C5H6.Na/c1-3-5-7-9-11-13-15-17-18-16-14-12-10-8-6-4-2;1-2-4-5-3-1;/h1,3-18H2,2H3;1-4H,5H2;. The van der Waals surface area contributed by atoms with E-state index < -0.39 is 0 Å². The van der Waals surface area contributed by atoms with Crippen LogP contribution >= 0.6 is 0 Å². The summed E-state index contributed by atoms with van der Waals surface area (Å²) in [7, 11) is 0. The van der Waals surface area contributed by atoms with Gasteiger partial charge in [0.05, 0.1) is 0 Å². The summed E-state index contributed by atoms with van der Waals surface area (Å²) >= 11 is 1.41. The molecule has 0 radical (unpaired) electrons. The Morgan fingerprint density at radius 2 is 0.875 bits per heavy atom. The van der Waals surface area contributed by atoms with E-state index in [1.165, 1.54) is 134 Å². The first-order valence-corrected chi connectivity index (χ1v) is 12.6. The molecule has 1 aliphatic carbocycles. The molecular formula is C23H43Na. The summed E-state index contributed by atoms with van der Waals surface area (Å²) in [6, 6.07) is 0. The van der Waals surface area contributed by atoms with Crippen molar-refractivity contribution < 1.29 is 0 Å². The van der Waals surface area contributed by atoms with Gasteiger partial charge in [-0.2, -0.15) is 0 Å². The number of rotatable bonds is 16. The Labute approximate surface area is 171 Å². The molecule has 1 heteroatoms. The molecule has 0 aromatic heterocycles. The second kappa shape index (κ2) is 23.5. The molecule has 1 aliphatic rings. The molecule has 0 amide bonds. The van der Waals surface area contributed by atoms with E-state index in [1.807, 2.05) is 0 Å². The fourth-order valence-corrected chi connectivity index (χ4v) is 3.69. The molecule has 136 valence electrons. The van der Waals surface area contributed by atoms with Gasteiger partial charge in [0, 0.05) is 0 Å². The number of unbranched alkanes of at least 4 members (excludes halogenated alkanes) is 15. The van der Waals surface area contributed by atoms with Crippen LogP contribution in [0.25, 0.3) is 0 Å². The van der Waals surface area contributed by atoms with Crippen molar-refractivity contribution in [2.24, 2.45) is 0 Å². The van der Waals surface area contributed by atoms with E-state index in [2.05, 4.69) is 31.2 Å². The Morgan fingerprint density at radius 1 is 0.542 bits per heavy atom. The van der Waals surface area contributed by atoms with Crippen LogP contribution in [0.2, 0.25) is 3.67 Å². The quantitative estimate of drug-likeness (QED) is 0.195. The Bertz CT molecular complexity index is 241. The van der Waals surface area contributed by atoms with Crippen molar-refractivity contribution in [2.45, 2.75) is 120 Å². The molecular weight excluding hydrogens is 299 g/mol. The SMILES string of the molecule is C1=CCC=C1.CCCCCCCCCCCCCCCCC[CH2][Na]. The van der Waals surface area contributed by atoms with Gasteiger partial charge in [-0.25, -0.2) is 0 Å². The molecule has 0 nitrogen and oxygen atoms in total. The Kier molecular flexibility index (Phi) is 23.9. The Morgan fingerprint density at radius 3 is 1.12 bits per heavy atom. The van der Waals surface area contributed by atoms with Crippen LogP contribution in [0.5, 0.6) is 0 Å². The predicted molar refractivity (Wildman–Crippen MR) is 113 cm³/mol. The summed E-state index contributed by atoms with van der Waals surface area (Å²) in [6.45, 7) is 2.30. The van der Waals surface area contributed by atoms with Crippen LogP contribution in [0.15, 0.2) is 24.3 Å². The third kappa shape index (κ3) is 22.5. The summed E-state index contributed by atoms with van der Waals surface area (Å²) < 4.78 is 1.51. The first-order valence-electron chi connectivity index (χ1n) is 11.2. The summed E-state index contributed by atoms with van der Waals surface area (Å²) in [4.78, 5) is 0.